The molecule has 0 spiro atoms. The van der Waals surface area contributed by atoms with E-state index in [4.69, 9.17) is 32.7 Å². The zero-order chi connectivity index (χ0) is 18.7. The number of aliphatic hydroxyl groups excluding tert-OH is 1. The third-order valence-corrected chi connectivity index (χ3v) is 4.91. The predicted octanol–water partition coefficient (Wildman–Crippen LogP) is 3.04. The Balaban J connectivity index is 1.64. The molecule has 1 aliphatic rings. The van der Waals surface area contributed by atoms with E-state index in [0.717, 1.165) is 37.3 Å². The number of methoxy groups -OCH3 is 1. The van der Waals surface area contributed by atoms with Crippen LogP contribution in [-0.2, 0) is 6.61 Å². The Labute approximate surface area is 161 Å². The number of ether oxygens (including phenoxy) is 2. The average Bonchev–Trinajstić information content (AvgIpc) is 2.65. The Hall–Kier alpha value is -1.83. The molecule has 0 radical (unpaired) electrons. The van der Waals surface area contributed by atoms with Crippen LogP contribution in [0.25, 0.3) is 0 Å². The maximum absolute atomic E-state index is 9.29. The standard InChI is InChI=1S/C17H20Cl2N4O3/c1-10-15(19)21-14(9-24)22-16(10)23-5-3-11(4-6-23)26-12-7-13(18)17(25-2)20-8-12/h7-8,11,24H,3-6,9H2,1-2H3. The monoisotopic (exact) mass is 398 g/mol. The fourth-order valence-electron chi connectivity index (χ4n) is 2.90. The highest BCUT2D eigenvalue weighted by Crippen LogP contribution is 2.29. The van der Waals surface area contributed by atoms with Gasteiger partial charge in [-0.15, -0.1) is 0 Å². The van der Waals surface area contributed by atoms with Gasteiger partial charge in [0.05, 0.1) is 13.3 Å². The van der Waals surface area contributed by atoms with Crippen LogP contribution in [-0.4, -0.2) is 46.4 Å². The van der Waals surface area contributed by atoms with E-state index in [1.165, 1.54) is 7.11 Å². The van der Waals surface area contributed by atoms with E-state index < -0.39 is 0 Å². The molecular formula is C17H20Cl2N4O3. The van der Waals surface area contributed by atoms with E-state index in [1.54, 1.807) is 12.3 Å². The van der Waals surface area contributed by atoms with Crippen molar-refractivity contribution < 1.29 is 14.6 Å². The van der Waals surface area contributed by atoms with Gasteiger partial charge in [-0.2, -0.15) is 0 Å². The number of piperidine rings is 1. The van der Waals surface area contributed by atoms with Gasteiger partial charge in [-0.1, -0.05) is 23.2 Å². The number of anilines is 1. The topological polar surface area (TPSA) is 80.6 Å². The van der Waals surface area contributed by atoms with E-state index >= 15 is 0 Å². The van der Waals surface area contributed by atoms with E-state index in [-0.39, 0.29) is 12.7 Å². The van der Waals surface area contributed by atoms with Crippen molar-refractivity contribution >= 4 is 29.0 Å². The van der Waals surface area contributed by atoms with Gasteiger partial charge >= 0.3 is 0 Å². The summed E-state index contributed by atoms with van der Waals surface area (Å²) in [6.45, 7) is 3.17. The number of nitrogens with zero attached hydrogens (tertiary/aromatic N) is 4. The Morgan fingerprint density at radius 1 is 1.27 bits per heavy atom. The van der Waals surface area contributed by atoms with Crippen LogP contribution in [0.1, 0.15) is 24.2 Å². The van der Waals surface area contributed by atoms with E-state index in [2.05, 4.69) is 19.9 Å². The second-order valence-corrected chi connectivity index (χ2v) is 6.77. The second-order valence-electron chi connectivity index (χ2n) is 6.00. The molecular weight excluding hydrogens is 379 g/mol. The first-order chi connectivity index (χ1) is 12.5. The summed E-state index contributed by atoms with van der Waals surface area (Å²) >= 11 is 12.2. The summed E-state index contributed by atoms with van der Waals surface area (Å²) in [7, 11) is 1.52. The van der Waals surface area contributed by atoms with Crippen LogP contribution >= 0.6 is 23.2 Å². The maximum Gasteiger partial charge on any atom is 0.232 e. The second kappa shape index (κ2) is 8.24. The number of halogens is 2. The molecule has 1 N–H and O–H groups in total. The molecule has 2 aromatic heterocycles. The summed E-state index contributed by atoms with van der Waals surface area (Å²) in [6.07, 6.45) is 3.31. The Bertz CT molecular complexity index is 783. The number of pyridine rings is 1. The molecule has 0 aliphatic carbocycles. The van der Waals surface area contributed by atoms with E-state index in [1.807, 2.05) is 6.92 Å². The van der Waals surface area contributed by atoms with Gasteiger partial charge in [0.2, 0.25) is 5.88 Å². The van der Waals surface area contributed by atoms with Crippen LogP contribution in [0.2, 0.25) is 10.2 Å². The molecule has 0 unspecified atom stereocenters. The van der Waals surface area contributed by atoms with Gasteiger partial charge < -0.3 is 19.5 Å². The summed E-state index contributed by atoms with van der Waals surface area (Å²) in [5.74, 6) is 2.09. The first-order valence-electron chi connectivity index (χ1n) is 8.26. The van der Waals surface area contributed by atoms with Crippen molar-refractivity contribution in [2.75, 3.05) is 25.1 Å². The molecule has 3 rings (SSSR count). The van der Waals surface area contributed by atoms with Gasteiger partial charge in [-0.05, 0) is 6.92 Å². The van der Waals surface area contributed by atoms with Crippen molar-refractivity contribution in [3.8, 4) is 11.6 Å². The van der Waals surface area contributed by atoms with Crippen LogP contribution in [0.5, 0.6) is 11.6 Å². The predicted molar refractivity (Wildman–Crippen MR) is 99.4 cm³/mol. The summed E-state index contributed by atoms with van der Waals surface area (Å²) in [5, 5.41) is 10.1. The van der Waals surface area contributed by atoms with Gasteiger partial charge in [0.1, 0.15) is 34.5 Å². The number of hydrogen-bond donors (Lipinski definition) is 1. The molecule has 0 amide bonds. The smallest absolute Gasteiger partial charge is 0.232 e. The minimum atomic E-state index is -0.238. The Morgan fingerprint density at radius 3 is 2.62 bits per heavy atom. The molecule has 9 heteroatoms. The van der Waals surface area contributed by atoms with Crippen LogP contribution in [0, 0.1) is 6.92 Å². The maximum atomic E-state index is 9.29. The molecule has 0 bridgehead atoms. The summed E-state index contributed by atoms with van der Waals surface area (Å²) in [4.78, 5) is 14.7. The van der Waals surface area contributed by atoms with Crippen LogP contribution in [0.3, 0.4) is 0 Å². The SMILES string of the molecule is COc1ncc(OC2CCN(c3nc(CO)nc(Cl)c3C)CC2)cc1Cl. The van der Waals surface area contributed by atoms with Crippen LogP contribution < -0.4 is 14.4 Å². The van der Waals surface area contributed by atoms with Crippen molar-refractivity contribution in [3.63, 3.8) is 0 Å². The lowest BCUT2D eigenvalue weighted by Crippen LogP contribution is -2.39. The Kier molecular flexibility index (Phi) is 6.01. The van der Waals surface area contributed by atoms with Crippen molar-refractivity contribution in [1.29, 1.82) is 0 Å². The quantitative estimate of drug-likeness (QED) is 0.774. The number of aromatic nitrogens is 3. The summed E-state index contributed by atoms with van der Waals surface area (Å²) in [6, 6.07) is 1.71. The summed E-state index contributed by atoms with van der Waals surface area (Å²) < 4.78 is 11.0. The van der Waals surface area contributed by atoms with Gasteiger partial charge in [0, 0.05) is 37.6 Å². The number of rotatable bonds is 5. The average molecular weight is 399 g/mol. The van der Waals surface area contributed by atoms with Crippen molar-refractivity contribution in [3.05, 3.63) is 33.8 Å². The van der Waals surface area contributed by atoms with Crippen molar-refractivity contribution in [2.24, 2.45) is 0 Å². The van der Waals surface area contributed by atoms with E-state index in [9.17, 15) is 5.11 Å². The lowest BCUT2D eigenvalue weighted by molar-refractivity contribution is 0.169. The molecule has 0 aromatic carbocycles. The van der Waals surface area contributed by atoms with E-state index in [0.29, 0.717) is 27.6 Å². The largest absolute Gasteiger partial charge is 0.489 e. The molecule has 1 aliphatic heterocycles. The summed E-state index contributed by atoms with van der Waals surface area (Å²) in [5.41, 5.74) is 0.814. The minimum absolute atomic E-state index is 0.0624. The third-order valence-electron chi connectivity index (χ3n) is 4.27. The molecule has 1 saturated heterocycles. The zero-order valence-corrected chi connectivity index (χ0v) is 16.1. The highest BCUT2D eigenvalue weighted by molar-refractivity contribution is 6.32. The molecule has 0 saturated carbocycles. The van der Waals surface area contributed by atoms with Gasteiger partial charge in [-0.3, -0.25) is 0 Å². The van der Waals surface area contributed by atoms with Crippen LogP contribution in [0.4, 0.5) is 5.82 Å². The van der Waals surface area contributed by atoms with Gasteiger partial charge in [-0.25, -0.2) is 15.0 Å². The van der Waals surface area contributed by atoms with Gasteiger partial charge in [0.15, 0.2) is 5.82 Å². The molecule has 2 aromatic rings. The highest BCUT2D eigenvalue weighted by atomic mass is 35.5. The normalized spacial score (nSPS) is 15.2. The van der Waals surface area contributed by atoms with Crippen molar-refractivity contribution in [2.45, 2.75) is 32.5 Å². The first kappa shape index (κ1) is 18.9. The molecule has 3 heterocycles. The minimum Gasteiger partial charge on any atom is -0.489 e. The fourth-order valence-corrected chi connectivity index (χ4v) is 3.32. The molecule has 7 nitrogen and oxygen atoms in total. The third kappa shape index (κ3) is 4.11. The van der Waals surface area contributed by atoms with Crippen molar-refractivity contribution in [1.82, 2.24) is 15.0 Å². The first-order valence-corrected chi connectivity index (χ1v) is 9.02. The molecule has 0 atom stereocenters. The van der Waals surface area contributed by atoms with Crippen LogP contribution in [0.15, 0.2) is 12.3 Å². The molecule has 140 valence electrons. The van der Waals surface area contributed by atoms with Gasteiger partial charge in [0.25, 0.3) is 0 Å². The molecule has 26 heavy (non-hydrogen) atoms. The highest BCUT2D eigenvalue weighted by Gasteiger charge is 2.24. The lowest BCUT2D eigenvalue weighted by Gasteiger charge is -2.33. The zero-order valence-electron chi connectivity index (χ0n) is 14.6. The number of hydrogen-bond acceptors (Lipinski definition) is 7. The fraction of sp³-hybridized carbons (Fsp3) is 0.471. The molecule has 1 fully saturated rings. The Morgan fingerprint density at radius 2 is 2.00 bits per heavy atom. The number of aliphatic hydroxyl groups is 1. The lowest BCUT2D eigenvalue weighted by atomic mass is 10.1.